The van der Waals surface area contributed by atoms with Crippen LogP contribution in [0.15, 0.2) is 48.1 Å². The predicted molar refractivity (Wildman–Crippen MR) is 129 cm³/mol. The van der Waals surface area contributed by atoms with E-state index in [0.717, 1.165) is 42.3 Å². The molecule has 1 aliphatic heterocycles. The zero-order valence-electron chi connectivity index (χ0n) is 19.2. The molecule has 8 nitrogen and oxygen atoms in total. The molecule has 1 saturated heterocycles. The molecule has 3 aromatic heterocycles. The van der Waals surface area contributed by atoms with Gasteiger partial charge in [-0.25, -0.2) is 4.98 Å². The predicted octanol–water partition coefficient (Wildman–Crippen LogP) is 4.29. The number of carbonyl (C=O) groups excluding carboxylic acids is 1. The Hall–Kier alpha value is -3.51. The molecular weight excluding hydrogens is 493 g/mol. The number of amides is 1. The van der Waals surface area contributed by atoms with E-state index in [1.165, 1.54) is 23.5 Å². The largest absolute Gasteiger partial charge is 0.492 e. The van der Waals surface area contributed by atoms with Crippen molar-refractivity contribution in [3.63, 3.8) is 0 Å². The topological polar surface area (TPSA) is 84.7 Å². The highest BCUT2D eigenvalue weighted by atomic mass is 32.1. The second kappa shape index (κ2) is 10.2. The van der Waals surface area contributed by atoms with Gasteiger partial charge in [-0.05, 0) is 67.2 Å². The van der Waals surface area contributed by atoms with E-state index in [4.69, 9.17) is 4.74 Å². The number of rotatable bonds is 8. The van der Waals surface area contributed by atoms with Crippen LogP contribution in [0.1, 0.15) is 22.5 Å². The summed E-state index contributed by atoms with van der Waals surface area (Å²) >= 11 is 1.05. The average Bonchev–Trinajstić information content (AvgIpc) is 3.63. The third kappa shape index (κ3) is 5.65. The number of alkyl halides is 3. The summed E-state index contributed by atoms with van der Waals surface area (Å²) in [6.45, 7) is 2.48. The van der Waals surface area contributed by atoms with E-state index in [9.17, 15) is 18.0 Å². The molecule has 1 aliphatic rings. The van der Waals surface area contributed by atoms with E-state index in [0.29, 0.717) is 29.1 Å². The molecule has 188 valence electrons. The van der Waals surface area contributed by atoms with Gasteiger partial charge in [-0.2, -0.15) is 18.3 Å². The molecular formula is C24H23F3N6O2S. The fourth-order valence-corrected chi connectivity index (χ4v) is 4.82. The van der Waals surface area contributed by atoms with Gasteiger partial charge in [-0.1, -0.05) is 0 Å². The molecule has 1 aromatic carbocycles. The standard InChI is InChI=1S/C24H23F3N6O2S/c25-24(26,27)15-29-23(34)21-11-17(14-36-21)19-12-30-33-22(19)28-13-20(31-33)16-3-5-18(6-4-16)35-10-9-32-7-1-2-8-32/h3-6,11-14H,1-2,7-10,15H2,(H,29,34). The quantitative estimate of drug-likeness (QED) is 0.376. The number of carbonyl (C=O) groups is 1. The maximum absolute atomic E-state index is 12.4. The zero-order chi connectivity index (χ0) is 25.1. The van der Waals surface area contributed by atoms with Crippen molar-refractivity contribution in [3.8, 4) is 28.1 Å². The summed E-state index contributed by atoms with van der Waals surface area (Å²) in [4.78, 5) is 19.1. The van der Waals surface area contributed by atoms with Crippen molar-refractivity contribution in [2.75, 3.05) is 32.8 Å². The smallest absolute Gasteiger partial charge is 0.405 e. The SMILES string of the molecule is O=C(NCC(F)(F)F)c1cc(-c2cnn3nc(-c4ccc(OCCN5CCCC5)cc4)cnc23)cs1. The first kappa shape index (κ1) is 24.2. The minimum absolute atomic E-state index is 0.168. The minimum atomic E-state index is -4.47. The van der Waals surface area contributed by atoms with Gasteiger partial charge in [-0.15, -0.1) is 21.1 Å². The van der Waals surface area contributed by atoms with Gasteiger partial charge in [0.1, 0.15) is 24.6 Å². The lowest BCUT2D eigenvalue weighted by atomic mass is 10.1. The number of nitrogens with zero attached hydrogens (tertiary/aromatic N) is 5. The Bertz CT molecular complexity index is 1350. The third-order valence-corrected chi connectivity index (χ3v) is 6.78. The number of aromatic nitrogens is 4. The summed E-state index contributed by atoms with van der Waals surface area (Å²) < 4.78 is 44.3. The van der Waals surface area contributed by atoms with Crippen molar-refractivity contribution >= 4 is 22.9 Å². The second-order valence-electron chi connectivity index (χ2n) is 8.43. The fourth-order valence-electron chi connectivity index (χ4n) is 4.00. The van der Waals surface area contributed by atoms with Crippen LogP contribution < -0.4 is 10.1 Å². The number of likely N-dealkylation sites (tertiary alicyclic amines) is 1. The van der Waals surface area contributed by atoms with Gasteiger partial charge in [-0.3, -0.25) is 9.69 Å². The van der Waals surface area contributed by atoms with Gasteiger partial charge in [0.25, 0.3) is 5.91 Å². The summed E-state index contributed by atoms with van der Waals surface area (Å²) in [5.74, 6) is 0.0118. The Morgan fingerprint density at radius 3 is 2.64 bits per heavy atom. The summed E-state index contributed by atoms with van der Waals surface area (Å²) in [6, 6.07) is 9.14. The van der Waals surface area contributed by atoms with Gasteiger partial charge >= 0.3 is 6.18 Å². The van der Waals surface area contributed by atoms with Crippen LogP contribution in [-0.2, 0) is 0 Å². The molecule has 5 rings (SSSR count). The number of benzene rings is 1. The maximum Gasteiger partial charge on any atom is 0.405 e. The molecule has 0 aliphatic carbocycles. The number of hydrogen-bond acceptors (Lipinski definition) is 7. The van der Waals surface area contributed by atoms with Crippen LogP contribution in [0.5, 0.6) is 5.75 Å². The molecule has 0 saturated carbocycles. The lowest BCUT2D eigenvalue weighted by Gasteiger charge is -2.15. The molecule has 4 aromatic rings. The summed E-state index contributed by atoms with van der Waals surface area (Å²) in [6.07, 6.45) is 1.25. The highest BCUT2D eigenvalue weighted by molar-refractivity contribution is 7.12. The van der Waals surface area contributed by atoms with Crippen LogP contribution >= 0.6 is 11.3 Å². The molecule has 1 fully saturated rings. The Balaban J connectivity index is 1.25. The fraction of sp³-hybridized carbons (Fsp3) is 0.333. The molecule has 1 amide bonds. The monoisotopic (exact) mass is 516 g/mol. The van der Waals surface area contributed by atoms with E-state index in [-0.39, 0.29) is 4.88 Å². The molecule has 4 heterocycles. The molecule has 0 atom stereocenters. The van der Waals surface area contributed by atoms with Crippen LogP contribution in [0.3, 0.4) is 0 Å². The number of ether oxygens (including phenoxy) is 1. The Labute approximate surface area is 208 Å². The normalized spacial score (nSPS) is 14.4. The molecule has 1 N–H and O–H groups in total. The molecule has 0 radical (unpaired) electrons. The molecule has 12 heteroatoms. The number of halogens is 3. The average molecular weight is 517 g/mol. The van der Waals surface area contributed by atoms with Gasteiger partial charge in [0.2, 0.25) is 0 Å². The summed E-state index contributed by atoms with van der Waals surface area (Å²) in [5, 5.41) is 12.4. The molecule has 0 bridgehead atoms. The van der Waals surface area contributed by atoms with Crippen molar-refractivity contribution in [1.82, 2.24) is 30.0 Å². The van der Waals surface area contributed by atoms with E-state index in [1.54, 1.807) is 17.8 Å². The van der Waals surface area contributed by atoms with Gasteiger partial charge in [0, 0.05) is 17.7 Å². The number of thiophene rings is 1. The van der Waals surface area contributed by atoms with Crippen LogP contribution in [-0.4, -0.2) is 69.6 Å². The van der Waals surface area contributed by atoms with E-state index >= 15 is 0 Å². The van der Waals surface area contributed by atoms with E-state index < -0.39 is 18.6 Å². The number of nitrogens with one attached hydrogen (secondary N) is 1. The Morgan fingerprint density at radius 2 is 1.89 bits per heavy atom. The van der Waals surface area contributed by atoms with Crippen LogP contribution in [0.4, 0.5) is 13.2 Å². The molecule has 0 spiro atoms. The van der Waals surface area contributed by atoms with E-state index in [2.05, 4.69) is 20.1 Å². The first-order chi connectivity index (χ1) is 17.4. The highest BCUT2D eigenvalue weighted by Crippen LogP contribution is 2.29. The first-order valence-electron chi connectivity index (χ1n) is 11.5. The van der Waals surface area contributed by atoms with Crippen LogP contribution in [0.2, 0.25) is 0 Å². The zero-order valence-corrected chi connectivity index (χ0v) is 20.0. The van der Waals surface area contributed by atoms with Crippen molar-refractivity contribution < 1.29 is 22.7 Å². The molecule has 36 heavy (non-hydrogen) atoms. The minimum Gasteiger partial charge on any atom is -0.492 e. The van der Waals surface area contributed by atoms with E-state index in [1.807, 2.05) is 29.6 Å². The first-order valence-corrected chi connectivity index (χ1v) is 12.3. The molecule has 0 unspecified atom stereocenters. The van der Waals surface area contributed by atoms with Crippen LogP contribution in [0.25, 0.3) is 28.0 Å². The van der Waals surface area contributed by atoms with Gasteiger partial charge in [0.05, 0.1) is 17.3 Å². The Kier molecular flexibility index (Phi) is 6.88. The summed E-state index contributed by atoms with van der Waals surface area (Å²) in [7, 11) is 0. The van der Waals surface area contributed by atoms with Crippen LogP contribution in [0, 0.1) is 0 Å². The number of fused-ring (bicyclic) bond motifs is 1. The third-order valence-electron chi connectivity index (χ3n) is 5.85. The maximum atomic E-state index is 12.4. The van der Waals surface area contributed by atoms with Crippen molar-refractivity contribution in [1.29, 1.82) is 0 Å². The van der Waals surface area contributed by atoms with Crippen molar-refractivity contribution in [2.45, 2.75) is 19.0 Å². The van der Waals surface area contributed by atoms with Crippen molar-refractivity contribution in [2.24, 2.45) is 0 Å². The highest BCUT2D eigenvalue weighted by Gasteiger charge is 2.28. The second-order valence-corrected chi connectivity index (χ2v) is 9.35. The summed E-state index contributed by atoms with van der Waals surface area (Å²) in [5.41, 5.74) is 3.21. The number of hydrogen-bond donors (Lipinski definition) is 1. The lowest BCUT2D eigenvalue weighted by Crippen LogP contribution is -2.33. The lowest BCUT2D eigenvalue weighted by molar-refractivity contribution is -0.123. The van der Waals surface area contributed by atoms with Gasteiger partial charge < -0.3 is 10.1 Å². The Morgan fingerprint density at radius 1 is 1.11 bits per heavy atom. The van der Waals surface area contributed by atoms with Crippen molar-refractivity contribution in [3.05, 3.63) is 53.0 Å². The van der Waals surface area contributed by atoms with Gasteiger partial charge in [0.15, 0.2) is 5.65 Å².